The fraction of sp³-hybridized carbons (Fsp3) is 0.286. The summed E-state index contributed by atoms with van der Waals surface area (Å²) in [5.41, 5.74) is 1.32. The Labute approximate surface area is 85.0 Å². The van der Waals surface area contributed by atoms with Crippen molar-refractivity contribution in [3.05, 3.63) is 21.5 Å². The Morgan fingerprint density at radius 2 is 2.27 bits per heavy atom. The summed E-state index contributed by atoms with van der Waals surface area (Å²) >= 11 is 0.710. The van der Waals surface area contributed by atoms with Gasteiger partial charge in [-0.1, -0.05) is 0 Å². The predicted molar refractivity (Wildman–Crippen MR) is 51.0 cm³/mol. The van der Waals surface area contributed by atoms with Crippen LogP contribution in [0.3, 0.4) is 0 Å². The second kappa shape index (κ2) is 5.89. The Balaban J connectivity index is 4.28. The minimum absolute atomic E-state index is 0.0434. The van der Waals surface area contributed by atoms with Gasteiger partial charge in [0.15, 0.2) is 0 Å². The van der Waals surface area contributed by atoms with Crippen LogP contribution >= 0.6 is 8.73 Å². The van der Waals surface area contributed by atoms with Gasteiger partial charge in [-0.05, 0) is 0 Å². The molecule has 0 saturated heterocycles. The molecule has 0 spiro atoms. The van der Waals surface area contributed by atoms with Crippen LogP contribution in [0, 0.1) is 0 Å². The molecule has 0 aliphatic rings. The van der Waals surface area contributed by atoms with Crippen LogP contribution in [-0.4, -0.2) is 38.2 Å². The summed E-state index contributed by atoms with van der Waals surface area (Å²) in [5, 5.41) is 3.03. The first kappa shape index (κ1) is 11.3. The van der Waals surface area contributed by atoms with E-state index in [1.807, 2.05) is 10.3 Å². The van der Waals surface area contributed by atoms with E-state index in [2.05, 4.69) is 11.7 Å². The molecule has 0 fully saturated rings. The molecular formula is C7H11NOPTl. The van der Waals surface area contributed by atoms with E-state index in [-0.39, 0.29) is 5.78 Å². The van der Waals surface area contributed by atoms with Gasteiger partial charge in [0.2, 0.25) is 0 Å². The van der Waals surface area contributed by atoms with Gasteiger partial charge in [-0.2, -0.15) is 0 Å². The van der Waals surface area contributed by atoms with Gasteiger partial charge in [0, 0.05) is 0 Å². The third-order valence-electron chi connectivity index (χ3n) is 1.06. The van der Waals surface area contributed by atoms with Crippen molar-refractivity contribution >= 4 is 40.3 Å². The number of hydrogen-bond acceptors (Lipinski definition) is 2. The summed E-state index contributed by atoms with van der Waals surface area (Å²) in [6.45, 7) is 7.33. The average molecular weight is 361 g/mol. The Hall–Kier alpha value is 0.302. The molecule has 0 heterocycles. The van der Waals surface area contributed by atoms with Crippen LogP contribution in [0.25, 0.3) is 0 Å². The molecule has 58 valence electrons. The first-order valence-corrected chi connectivity index (χ1v) is 7.27. The van der Waals surface area contributed by atoms with Crippen LogP contribution in [-0.2, 0) is 4.79 Å². The van der Waals surface area contributed by atoms with Crippen molar-refractivity contribution < 1.29 is 4.79 Å². The van der Waals surface area contributed by atoms with Gasteiger partial charge in [0.25, 0.3) is 0 Å². The Kier molecular flexibility index (Phi) is 6.05. The van der Waals surface area contributed by atoms with E-state index in [1.165, 1.54) is 0 Å². The quantitative estimate of drug-likeness (QED) is 0.460. The SMILES string of the molecule is C=C(C)C(=O)C(=[CH][Tl])NPC. The maximum absolute atomic E-state index is 11.3. The number of carbonyl (C=O) groups excluding carboxylic acids is 1. The average Bonchev–Trinajstić information content (AvgIpc) is 1.98. The molecule has 0 saturated carbocycles. The predicted octanol–water partition coefficient (Wildman–Crippen LogP) is 0.954. The molecular weight excluding hydrogens is 349 g/mol. The van der Waals surface area contributed by atoms with Crippen molar-refractivity contribution in [3.63, 3.8) is 0 Å². The van der Waals surface area contributed by atoms with Crippen molar-refractivity contribution in [1.82, 2.24) is 5.09 Å². The van der Waals surface area contributed by atoms with Crippen molar-refractivity contribution in [3.8, 4) is 0 Å². The van der Waals surface area contributed by atoms with Gasteiger partial charge < -0.3 is 0 Å². The van der Waals surface area contributed by atoms with E-state index in [1.54, 1.807) is 6.92 Å². The zero-order valence-electron chi connectivity index (χ0n) is 6.77. The first-order valence-electron chi connectivity index (χ1n) is 3.18. The summed E-state index contributed by atoms with van der Waals surface area (Å²) in [6.07, 6.45) is 0. The number of rotatable bonds is 4. The number of nitrogens with one attached hydrogen (secondary N) is 1. The van der Waals surface area contributed by atoms with E-state index >= 15 is 0 Å². The Bertz CT molecular complexity index is 201. The van der Waals surface area contributed by atoms with Crippen LogP contribution in [0.4, 0.5) is 0 Å². The van der Waals surface area contributed by atoms with Crippen molar-refractivity contribution in [2.24, 2.45) is 0 Å². The number of allylic oxidation sites excluding steroid dienone is 1. The molecule has 0 amide bonds. The van der Waals surface area contributed by atoms with E-state index in [9.17, 15) is 4.79 Å². The number of Topliss-reactive ketones (excluding diaryl/α,β-unsaturated/α-hetero) is 1. The molecule has 1 unspecified atom stereocenters. The van der Waals surface area contributed by atoms with Gasteiger partial charge in [-0.15, -0.1) is 0 Å². The standard InChI is InChI=1S/C7H11NOP.Tl/c1-5(2)7(9)6(3)8-10-4;/h3,8,10H,1H2,2,4H3;. The molecule has 0 radical (unpaired) electrons. The molecule has 11 heavy (non-hydrogen) atoms. The van der Waals surface area contributed by atoms with Gasteiger partial charge >= 0.3 is 85.2 Å². The molecule has 0 aromatic rings. The fourth-order valence-electron chi connectivity index (χ4n) is 0.539. The summed E-state index contributed by atoms with van der Waals surface area (Å²) in [4.78, 5) is 11.3. The molecule has 4 heteroatoms. The molecule has 0 aromatic carbocycles. The zero-order valence-corrected chi connectivity index (χ0v) is 12.3. The van der Waals surface area contributed by atoms with Gasteiger partial charge in [0.05, 0.1) is 0 Å². The van der Waals surface area contributed by atoms with E-state index in [0.717, 1.165) is 5.70 Å². The van der Waals surface area contributed by atoms with Crippen molar-refractivity contribution in [2.75, 3.05) is 6.66 Å². The first-order chi connectivity index (χ1) is 5.13. The number of carbonyl (C=O) groups is 1. The second-order valence-electron chi connectivity index (χ2n) is 2.06. The zero-order chi connectivity index (χ0) is 8.85. The maximum atomic E-state index is 11.3. The molecule has 0 aliphatic heterocycles. The molecule has 0 rings (SSSR count). The summed E-state index contributed by atoms with van der Waals surface area (Å²) in [7, 11) is 0.577. The van der Waals surface area contributed by atoms with Crippen LogP contribution in [0.5, 0.6) is 0 Å². The third kappa shape index (κ3) is 4.01. The molecule has 1 atom stereocenters. The van der Waals surface area contributed by atoms with Crippen molar-refractivity contribution in [1.29, 1.82) is 0 Å². The summed E-state index contributed by atoms with van der Waals surface area (Å²) < 4.78 is 1.94. The summed E-state index contributed by atoms with van der Waals surface area (Å²) in [5.74, 6) is 0.0434. The normalized spacial score (nSPS) is 11.9. The topological polar surface area (TPSA) is 29.1 Å². The van der Waals surface area contributed by atoms with Gasteiger partial charge in [-0.3, -0.25) is 0 Å². The van der Waals surface area contributed by atoms with Crippen LogP contribution < -0.4 is 5.09 Å². The monoisotopic (exact) mass is 361 g/mol. The molecule has 0 aliphatic carbocycles. The van der Waals surface area contributed by atoms with Gasteiger partial charge in [-0.25, -0.2) is 0 Å². The van der Waals surface area contributed by atoms with Crippen LogP contribution in [0.1, 0.15) is 6.92 Å². The second-order valence-corrected chi connectivity index (χ2v) is 4.11. The van der Waals surface area contributed by atoms with E-state index in [4.69, 9.17) is 0 Å². The van der Waals surface area contributed by atoms with E-state index in [0.29, 0.717) is 40.1 Å². The number of ketones is 1. The Morgan fingerprint density at radius 1 is 1.73 bits per heavy atom. The van der Waals surface area contributed by atoms with Crippen LogP contribution in [0.15, 0.2) is 21.5 Å². The molecule has 2 nitrogen and oxygen atoms in total. The van der Waals surface area contributed by atoms with Gasteiger partial charge in [0.1, 0.15) is 0 Å². The number of hydrogen-bond donors (Lipinski definition) is 1. The summed E-state index contributed by atoms with van der Waals surface area (Å²) in [6, 6.07) is 0. The molecule has 0 aromatic heterocycles. The van der Waals surface area contributed by atoms with Crippen molar-refractivity contribution in [2.45, 2.75) is 6.92 Å². The third-order valence-corrected chi connectivity index (χ3v) is 2.87. The van der Waals surface area contributed by atoms with E-state index < -0.39 is 0 Å². The molecule has 1 N–H and O–H groups in total. The fourth-order valence-corrected chi connectivity index (χ4v) is 2.57. The molecule has 0 bridgehead atoms. The minimum atomic E-state index is 0.0434. The van der Waals surface area contributed by atoms with Crippen LogP contribution in [0.2, 0.25) is 0 Å². The Morgan fingerprint density at radius 3 is 2.55 bits per heavy atom.